The average molecular weight is 588 g/mol. The minimum atomic E-state index is 0.912. The van der Waals surface area contributed by atoms with Gasteiger partial charge < -0.3 is 9.32 Å². The SMILES string of the molecule is c1ccc(-c2cccc(N(c3cccc(-c4ccccc4)c3)c3ccc4ccc5ccc6oc7ccccc7c6c5c4c3)c2)cc1. The number of nitrogens with zero attached hydrogens (tertiary/aromatic N) is 1. The minimum Gasteiger partial charge on any atom is -0.456 e. The van der Waals surface area contributed by atoms with Crippen LogP contribution in [0.25, 0.3) is 65.7 Å². The van der Waals surface area contributed by atoms with Crippen LogP contribution in [0.1, 0.15) is 0 Å². The number of fused-ring (bicyclic) bond motifs is 7. The van der Waals surface area contributed by atoms with E-state index in [4.69, 9.17) is 4.42 Å². The summed E-state index contributed by atoms with van der Waals surface area (Å²) in [6.45, 7) is 0. The molecule has 0 saturated heterocycles. The molecule has 8 aromatic carbocycles. The number of hydrogen-bond donors (Lipinski definition) is 0. The lowest BCUT2D eigenvalue weighted by Crippen LogP contribution is -2.10. The lowest BCUT2D eigenvalue weighted by atomic mass is 9.96. The molecule has 0 bridgehead atoms. The first-order valence-corrected chi connectivity index (χ1v) is 15.7. The number of benzene rings is 8. The van der Waals surface area contributed by atoms with Crippen molar-refractivity contribution in [2.45, 2.75) is 0 Å². The van der Waals surface area contributed by atoms with E-state index >= 15 is 0 Å². The zero-order chi connectivity index (χ0) is 30.5. The molecule has 46 heavy (non-hydrogen) atoms. The van der Waals surface area contributed by atoms with E-state index in [0.717, 1.165) is 33.6 Å². The van der Waals surface area contributed by atoms with Crippen molar-refractivity contribution in [3.05, 3.63) is 176 Å². The van der Waals surface area contributed by atoms with Crippen molar-refractivity contribution >= 4 is 60.5 Å². The molecule has 9 rings (SSSR count). The number of para-hydroxylation sites is 1. The van der Waals surface area contributed by atoms with Gasteiger partial charge in [0.1, 0.15) is 11.2 Å². The summed E-state index contributed by atoms with van der Waals surface area (Å²) in [4.78, 5) is 2.38. The molecule has 0 radical (unpaired) electrons. The highest BCUT2D eigenvalue weighted by molar-refractivity contribution is 6.27. The second-order valence-corrected chi connectivity index (χ2v) is 11.8. The van der Waals surface area contributed by atoms with Crippen molar-refractivity contribution in [3.63, 3.8) is 0 Å². The van der Waals surface area contributed by atoms with E-state index in [1.165, 1.54) is 49.2 Å². The Balaban J connectivity index is 1.31. The standard InChI is InChI=1S/C44H29NO/c1-3-11-30(12-4-1)34-15-9-17-36(27-34)45(37-18-10-16-35(28-37)31-13-5-2-6-14-31)38-25-23-32-21-22-33-24-26-42-44(43(33)40(32)29-38)39-19-7-8-20-41(39)46-42/h1-29H. The fourth-order valence-electron chi connectivity index (χ4n) is 6.84. The highest BCUT2D eigenvalue weighted by atomic mass is 16.3. The van der Waals surface area contributed by atoms with Crippen LogP contribution in [0, 0.1) is 0 Å². The highest BCUT2D eigenvalue weighted by Crippen LogP contribution is 2.43. The largest absolute Gasteiger partial charge is 0.456 e. The fourth-order valence-corrected chi connectivity index (χ4v) is 6.84. The molecule has 0 N–H and O–H groups in total. The first-order chi connectivity index (χ1) is 22.8. The summed E-state index contributed by atoms with van der Waals surface area (Å²) in [7, 11) is 0. The van der Waals surface area contributed by atoms with E-state index in [9.17, 15) is 0 Å². The van der Waals surface area contributed by atoms with E-state index in [2.05, 4.69) is 175 Å². The molecular weight excluding hydrogens is 558 g/mol. The lowest BCUT2D eigenvalue weighted by Gasteiger charge is -2.27. The van der Waals surface area contributed by atoms with Gasteiger partial charge in [-0.1, -0.05) is 127 Å². The van der Waals surface area contributed by atoms with E-state index < -0.39 is 0 Å². The molecule has 2 heteroatoms. The third kappa shape index (κ3) is 4.43. The molecule has 0 atom stereocenters. The van der Waals surface area contributed by atoms with Gasteiger partial charge in [0.25, 0.3) is 0 Å². The second-order valence-electron chi connectivity index (χ2n) is 11.8. The van der Waals surface area contributed by atoms with Crippen LogP contribution in [0.3, 0.4) is 0 Å². The van der Waals surface area contributed by atoms with Gasteiger partial charge in [-0.2, -0.15) is 0 Å². The normalized spacial score (nSPS) is 11.5. The molecule has 0 aliphatic rings. The van der Waals surface area contributed by atoms with Crippen LogP contribution in [-0.2, 0) is 0 Å². The van der Waals surface area contributed by atoms with Crippen molar-refractivity contribution in [2.75, 3.05) is 4.90 Å². The van der Waals surface area contributed by atoms with Gasteiger partial charge in [-0.05, 0) is 86.9 Å². The van der Waals surface area contributed by atoms with E-state index in [1.54, 1.807) is 0 Å². The molecule has 9 aromatic rings. The van der Waals surface area contributed by atoms with Crippen LogP contribution in [0.4, 0.5) is 17.1 Å². The third-order valence-electron chi connectivity index (χ3n) is 9.01. The Morgan fingerprint density at radius 1 is 0.326 bits per heavy atom. The zero-order valence-electron chi connectivity index (χ0n) is 25.1. The highest BCUT2D eigenvalue weighted by Gasteiger charge is 2.18. The van der Waals surface area contributed by atoms with Crippen LogP contribution in [0.15, 0.2) is 180 Å². The summed E-state index contributed by atoms with van der Waals surface area (Å²) in [6.07, 6.45) is 0. The zero-order valence-corrected chi connectivity index (χ0v) is 25.1. The van der Waals surface area contributed by atoms with Gasteiger partial charge in [0.2, 0.25) is 0 Å². The Hall–Kier alpha value is -6.12. The minimum absolute atomic E-state index is 0.912. The van der Waals surface area contributed by atoms with Gasteiger partial charge in [-0.15, -0.1) is 0 Å². The Bertz CT molecular complexity index is 2450. The molecule has 0 aliphatic heterocycles. The molecule has 0 saturated carbocycles. The van der Waals surface area contributed by atoms with Gasteiger partial charge in [-0.3, -0.25) is 0 Å². The first-order valence-electron chi connectivity index (χ1n) is 15.7. The smallest absolute Gasteiger partial charge is 0.136 e. The molecule has 1 heterocycles. The summed E-state index contributed by atoms with van der Waals surface area (Å²) in [5.74, 6) is 0. The predicted molar refractivity (Wildman–Crippen MR) is 194 cm³/mol. The van der Waals surface area contributed by atoms with Crippen molar-refractivity contribution in [3.8, 4) is 22.3 Å². The fraction of sp³-hybridized carbons (Fsp3) is 0. The number of anilines is 3. The van der Waals surface area contributed by atoms with Crippen molar-refractivity contribution < 1.29 is 4.42 Å². The lowest BCUT2D eigenvalue weighted by molar-refractivity contribution is 0.669. The van der Waals surface area contributed by atoms with Crippen LogP contribution >= 0.6 is 0 Å². The maximum Gasteiger partial charge on any atom is 0.136 e. The molecule has 0 fully saturated rings. The quantitative estimate of drug-likeness (QED) is 0.186. The molecule has 1 aromatic heterocycles. The Morgan fingerprint density at radius 2 is 0.870 bits per heavy atom. The number of rotatable bonds is 5. The van der Waals surface area contributed by atoms with Crippen molar-refractivity contribution in [1.29, 1.82) is 0 Å². The third-order valence-corrected chi connectivity index (χ3v) is 9.01. The van der Waals surface area contributed by atoms with Gasteiger partial charge in [-0.25, -0.2) is 0 Å². The van der Waals surface area contributed by atoms with Crippen LogP contribution < -0.4 is 4.90 Å². The Morgan fingerprint density at radius 3 is 1.57 bits per heavy atom. The summed E-state index contributed by atoms with van der Waals surface area (Å²) < 4.78 is 6.33. The van der Waals surface area contributed by atoms with Crippen molar-refractivity contribution in [2.24, 2.45) is 0 Å². The van der Waals surface area contributed by atoms with Crippen LogP contribution in [0.5, 0.6) is 0 Å². The van der Waals surface area contributed by atoms with Gasteiger partial charge in [0, 0.05) is 33.2 Å². The summed E-state index contributed by atoms with van der Waals surface area (Å²) in [6, 6.07) is 62.8. The molecule has 216 valence electrons. The maximum atomic E-state index is 6.33. The molecule has 2 nitrogen and oxygen atoms in total. The summed E-state index contributed by atoms with van der Waals surface area (Å²) in [5.41, 5.74) is 9.88. The Labute approximate surface area is 267 Å². The first kappa shape index (κ1) is 26.3. The molecule has 0 aliphatic carbocycles. The monoisotopic (exact) mass is 587 g/mol. The topological polar surface area (TPSA) is 16.4 Å². The van der Waals surface area contributed by atoms with Crippen LogP contribution in [0.2, 0.25) is 0 Å². The number of hydrogen-bond acceptors (Lipinski definition) is 2. The summed E-state index contributed by atoms with van der Waals surface area (Å²) >= 11 is 0. The van der Waals surface area contributed by atoms with E-state index in [0.29, 0.717) is 0 Å². The molecule has 0 amide bonds. The molecular formula is C44H29NO. The molecule has 0 spiro atoms. The van der Waals surface area contributed by atoms with Crippen LogP contribution in [-0.4, -0.2) is 0 Å². The maximum absolute atomic E-state index is 6.33. The van der Waals surface area contributed by atoms with Gasteiger partial charge in [0.05, 0.1) is 0 Å². The molecule has 0 unspecified atom stereocenters. The van der Waals surface area contributed by atoms with E-state index in [1.807, 2.05) is 6.07 Å². The van der Waals surface area contributed by atoms with E-state index in [-0.39, 0.29) is 0 Å². The second kappa shape index (κ2) is 10.8. The van der Waals surface area contributed by atoms with Gasteiger partial charge in [0.15, 0.2) is 0 Å². The number of furan rings is 1. The predicted octanol–water partition coefficient (Wildman–Crippen LogP) is 12.7. The van der Waals surface area contributed by atoms with Crippen molar-refractivity contribution in [1.82, 2.24) is 0 Å². The average Bonchev–Trinajstić information content (AvgIpc) is 3.52. The van der Waals surface area contributed by atoms with Gasteiger partial charge >= 0.3 is 0 Å². The summed E-state index contributed by atoms with van der Waals surface area (Å²) in [5, 5.41) is 7.13. The Kier molecular flexibility index (Phi) is 6.17.